The monoisotopic (exact) mass is 223 g/mol. The molecule has 0 radical (unpaired) electrons. The van der Waals surface area contributed by atoms with Crippen molar-refractivity contribution in [2.45, 2.75) is 0 Å². The molecule has 0 unspecified atom stereocenters. The molecule has 1 aromatic carbocycles. The predicted molar refractivity (Wildman–Crippen MR) is 52.4 cm³/mol. The third kappa shape index (κ3) is 1.67. The zero-order valence-corrected chi connectivity index (χ0v) is 7.87. The molecule has 0 atom stereocenters. The summed E-state index contributed by atoms with van der Waals surface area (Å²) in [5, 5.41) is 17.6. The van der Waals surface area contributed by atoms with Crippen molar-refractivity contribution < 1.29 is 9.31 Å². The van der Waals surface area contributed by atoms with Gasteiger partial charge in [0, 0.05) is 6.07 Å². The Morgan fingerprint density at radius 2 is 2.25 bits per heavy atom. The van der Waals surface area contributed by atoms with Gasteiger partial charge in [0.25, 0.3) is 0 Å². The minimum absolute atomic E-state index is 0.173. The number of halogens is 1. The molecule has 0 saturated carbocycles. The largest absolute Gasteiger partial charge is 0.381 e. The Bertz CT molecular complexity index is 553. The average molecular weight is 223 g/mol. The highest BCUT2D eigenvalue weighted by Crippen LogP contribution is 2.20. The van der Waals surface area contributed by atoms with E-state index in [0.29, 0.717) is 5.69 Å². The molecule has 0 spiro atoms. The van der Waals surface area contributed by atoms with E-state index in [0.717, 1.165) is 12.1 Å². The van der Waals surface area contributed by atoms with Crippen molar-refractivity contribution in [3.63, 3.8) is 0 Å². The van der Waals surface area contributed by atoms with Crippen LogP contribution in [0.1, 0.15) is 0 Å². The number of nitrogen functional groups attached to an aromatic ring is 1. The number of anilines is 1. The molecule has 0 aliphatic rings. The number of nitro groups is 1. The minimum atomic E-state index is -0.901. The molecule has 0 saturated heterocycles. The molecule has 2 rings (SSSR count). The van der Waals surface area contributed by atoms with Gasteiger partial charge < -0.3 is 5.73 Å². The Morgan fingerprint density at radius 1 is 1.50 bits per heavy atom. The fourth-order valence-electron chi connectivity index (χ4n) is 1.19. The van der Waals surface area contributed by atoms with E-state index in [1.165, 1.54) is 16.9 Å². The van der Waals surface area contributed by atoms with Gasteiger partial charge in [-0.15, -0.1) is 5.10 Å². The molecule has 2 aromatic rings. The summed E-state index contributed by atoms with van der Waals surface area (Å²) in [6, 6.07) is 3.39. The van der Waals surface area contributed by atoms with Crippen LogP contribution in [0.25, 0.3) is 5.69 Å². The summed E-state index contributed by atoms with van der Waals surface area (Å²) in [6.45, 7) is 0. The van der Waals surface area contributed by atoms with Gasteiger partial charge in [0.2, 0.25) is 5.82 Å². The van der Waals surface area contributed by atoms with Gasteiger partial charge in [-0.25, -0.2) is 4.68 Å². The number of hydrogen-bond acceptors (Lipinski definition) is 5. The summed E-state index contributed by atoms with van der Waals surface area (Å²) in [4.78, 5) is 9.70. The second kappa shape index (κ2) is 3.57. The second-order valence-corrected chi connectivity index (χ2v) is 2.98. The average Bonchev–Trinajstić information content (AvgIpc) is 2.65. The zero-order chi connectivity index (χ0) is 11.7. The van der Waals surface area contributed by atoms with Crippen LogP contribution >= 0.6 is 0 Å². The summed E-state index contributed by atoms with van der Waals surface area (Å²) in [5.41, 5.74) is 5.04. The van der Waals surface area contributed by atoms with Gasteiger partial charge in [-0.2, -0.15) is 4.39 Å². The van der Waals surface area contributed by atoms with E-state index in [4.69, 9.17) is 5.73 Å². The van der Waals surface area contributed by atoms with Crippen LogP contribution in [0.3, 0.4) is 0 Å². The van der Waals surface area contributed by atoms with E-state index in [1.54, 1.807) is 0 Å². The van der Waals surface area contributed by atoms with Crippen LogP contribution in [0.4, 0.5) is 15.9 Å². The molecule has 2 N–H and O–H groups in total. The lowest BCUT2D eigenvalue weighted by atomic mass is 10.2. The molecule has 0 amide bonds. The Morgan fingerprint density at radius 3 is 2.81 bits per heavy atom. The minimum Gasteiger partial charge on any atom is -0.381 e. The molecule has 1 heterocycles. The van der Waals surface area contributed by atoms with Crippen molar-refractivity contribution in [1.82, 2.24) is 15.0 Å². The van der Waals surface area contributed by atoms with Crippen molar-refractivity contribution >= 4 is 11.5 Å². The van der Waals surface area contributed by atoms with Crippen LogP contribution in [-0.2, 0) is 0 Å². The summed E-state index contributed by atoms with van der Waals surface area (Å²) < 4.78 is 14.3. The Kier molecular flexibility index (Phi) is 2.24. The van der Waals surface area contributed by atoms with Gasteiger partial charge in [0.05, 0.1) is 16.8 Å². The summed E-state index contributed by atoms with van der Waals surface area (Å²) in [7, 11) is 0. The lowest BCUT2D eigenvalue weighted by molar-refractivity contribution is -0.387. The van der Waals surface area contributed by atoms with Crippen LogP contribution in [0, 0.1) is 15.9 Å². The molecular weight excluding hydrogens is 217 g/mol. The fraction of sp³-hybridized carbons (Fsp3) is 0. The van der Waals surface area contributed by atoms with Crippen LogP contribution in [-0.4, -0.2) is 19.9 Å². The predicted octanol–water partition coefficient (Wildman–Crippen LogP) is 0.897. The summed E-state index contributed by atoms with van der Waals surface area (Å²) >= 11 is 0. The molecule has 0 aliphatic heterocycles. The van der Waals surface area contributed by atoms with Gasteiger partial charge in [-0.05, 0) is 12.1 Å². The fourth-order valence-corrected chi connectivity index (χ4v) is 1.19. The Balaban J connectivity index is 2.51. The van der Waals surface area contributed by atoms with Crippen molar-refractivity contribution in [2.24, 2.45) is 0 Å². The smallest absolute Gasteiger partial charge is 0.306 e. The van der Waals surface area contributed by atoms with Gasteiger partial charge >= 0.3 is 5.69 Å². The molecule has 0 aliphatic carbocycles. The zero-order valence-electron chi connectivity index (χ0n) is 7.87. The van der Waals surface area contributed by atoms with E-state index in [2.05, 4.69) is 10.3 Å². The first kappa shape index (κ1) is 10.0. The van der Waals surface area contributed by atoms with Crippen LogP contribution in [0.15, 0.2) is 24.4 Å². The maximum absolute atomic E-state index is 13.0. The third-order valence-corrected chi connectivity index (χ3v) is 1.90. The Labute approximate surface area is 88.4 Å². The molecule has 0 bridgehead atoms. The van der Waals surface area contributed by atoms with Gasteiger partial charge in [0.1, 0.15) is 0 Å². The van der Waals surface area contributed by atoms with Crippen LogP contribution in [0.2, 0.25) is 0 Å². The maximum atomic E-state index is 13.0. The second-order valence-electron chi connectivity index (χ2n) is 2.98. The molecule has 1 aromatic heterocycles. The van der Waals surface area contributed by atoms with Crippen molar-refractivity contribution in [2.75, 3.05) is 5.73 Å². The highest BCUT2D eigenvalue weighted by Gasteiger charge is 2.15. The Hall–Kier alpha value is -2.51. The summed E-state index contributed by atoms with van der Waals surface area (Å²) in [5.74, 6) is -0.728. The van der Waals surface area contributed by atoms with E-state index in [9.17, 15) is 14.5 Å². The topological polar surface area (TPSA) is 99.9 Å². The number of nitrogens with two attached hydrogens (primary N) is 1. The lowest BCUT2D eigenvalue weighted by Crippen LogP contribution is -1.98. The van der Waals surface area contributed by atoms with Crippen molar-refractivity contribution in [1.29, 1.82) is 0 Å². The first-order valence-corrected chi connectivity index (χ1v) is 4.20. The van der Waals surface area contributed by atoms with Crippen molar-refractivity contribution in [3.05, 3.63) is 40.3 Å². The van der Waals surface area contributed by atoms with Crippen LogP contribution in [0.5, 0.6) is 0 Å². The molecule has 16 heavy (non-hydrogen) atoms. The highest BCUT2D eigenvalue weighted by atomic mass is 19.1. The quantitative estimate of drug-likeness (QED) is 0.602. The number of aromatic nitrogens is 3. The number of benzene rings is 1. The lowest BCUT2D eigenvalue weighted by Gasteiger charge is -1.99. The van der Waals surface area contributed by atoms with Gasteiger partial charge in [-0.3, -0.25) is 10.1 Å². The van der Waals surface area contributed by atoms with Gasteiger partial charge in [0.15, 0.2) is 5.82 Å². The third-order valence-electron chi connectivity index (χ3n) is 1.90. The maximum Gasteiger partial charge on any atom is 0.306 e. The van der Waals surface area contributed by atoms with E-state index in [1.807, 2.05) is 0 Å². The highest BCUT2D eigenvalue weighted by molar-refractivity contribution is 5.44. The number of rotatable bonds is 2. The van der Waals surface area contributed by atoms with E-state index < -0.39 is 16.4 Å². The number of nitrogens with zero attached hydrogens (tertiary/aromatic N) is 4. The SMILES string of the molecule is Nc1cn(-c2ccc(F)c([N+](=O)[O-])c2)nn1. The van der Waals surface area contributed by atoms with Crippen molar-refractivity contribution in [3.8, 4) is 5.69 Å². The number of hydrogen-bond donors (Lipinski definition) is 1. The number of nitro benzene ring substituents is 1. The molecular formula is C8H6FN5O2. The normalized spacial score (nSPS) is 10.3. The first-order valence-electron chi connectivity index (χ1n) is 4.20. The summed E-state index contributed by atoms with van der Waals surface area (Å²) in [6.07, 6.45) is 1.37. The molecule has 8 heteroatoms. The van der Waals surface area contributed by atoms with Crippen LogP contribution < -0.4 is 5.73 Å². The molecule has 0 fully saturated rings. The molecule has 7 nitrogen and oxygen atoms in total. The van der Waals surface area contributed by atoms with E-state index >= 15 is 0 Å². The first-order chi connectivity index (χ1) is 7.58. The van der Waals surface area contributed by atoms with E-state index in [-0.39, 0.29) is 5.82 Å². The standard InChI is InChI=1S/C8H6FN5O2/c9-6-2-1-5(3-7(6)14(15)16)13-4-8(10)11-12-13/h1-4H,10H2. The molecule has 82 valence electrons. The van der Waals surface area contributed by atoms with Gasteiger partial charge in [-0.1, -0.05) is 5.21 Å².